The predicted molar refractivity (Wildman–Crippen MR) is 195 cm³/mol. The fourth-order valence-electron chi connectivity index (χ4n) is 6.79. The van der Waals surface area contributed by atoms with Crippen LogP contribution in [0.5, 0.6) is 0 Å². The molecule has 4 heteroatoms. The summed E-state index contributed by atoms with van der Waals surface area (Å²) >= 11 is 0. The van der Waals surface area contributed by atoms with E-state index < -0.39 is 0 Å². The number of pyridine rings is 4. The summed E-state index contributed by atoms with van der Waals surface area (Å²) in [6.07, 6.45) is 4.44. The van der Waals surface area contributed by atoms with Crippen molar-refractivity contribution in [3.05, 3.63) is 132 Å². The molecule has 0 atom stereocenters. The highest BCUT2D eigenvalue weighted by molar-refractivity contribution is 6.04. The molecule has 0 saturated carbocycles. The third-order valence-corrected chi connectivity index (χ3v) is 9.54. The van der Waals surface area contributed by atoms with Crippen molar-refractivity contribution in [2.24, 2.45) is 0 Å². The quantitative estimate of drug-likeness (QED) is 0.183. The van der Waals surface area contributed by atoms with Crippen LogP contribution in [0.1, 0.15) is 63.8 Å². The smallest absolute Gasteiger partial charge is 0.0972 e. The van der Waals surface area contributed by atoms with Crippen LogP contribution in [0.4, 0.5) is 0 Å². The highest BCUT2D eigenvalue weighted by Crippen LogP contribution is 2.44. The number of fused-ring (bicyclic) bond motifs is 6. The Kier molecular flexibility index (Phi) is 6.63. The topological polar surface area (TPSA) is 51.6 Å². The van der Waals surface area contributed by atoms with Crippen LogP contribution in [0.25, 0.3) is 66.8 Å². The van der Waals surface area contributed by atoms with Crippen LogP contribution >= 0.6 is 0 Å². The van der Waals surface area contributed by atoms with Gasteiger partial charge in [0.2, 0.25) is 0 Å². The van der Waals surface area contributed by atoms with E-state index in [1.807, 2.05) is 24.5 Å². The van der Waals surface area contributed by atoms with Gasteiger partial charge in [0, 0.05) is 51.8 Å². The fourth-order valence-corrected chi connectivity index (χ4v) is 6.79. The van der Waals surface area contributed by atoms with Crippen LogP contribution < -0.4 is 0 Å². The molecule has 7 aromatic rings. The van der Waals surface area contributed by atoms with Crippen molar-refractivity contribution >= 4 is 21.8 Å². The first-order valence-corrected chi connectivity index (χ1v) is 16.4. The zero-order chi connectivity index (χ0) is 32.5. The Bertz CT molecular complexity index is 2160. The SMILES string of the molecule is CC(C)(C)c1cc(-c2ccccn2)c2c(c1)-c1ccc3ccc4ccc(nc4c3n1)-c1cc(C(C)(C)C)cc(-c3ccccn3)c1C2. The van der Waals surface area contributed by atoms with Gasteiger partial charge in [0.15, 0.2) is 0 Å². The van der Waals surface area contributed by atoms with Crippen molar-refractivity contribution in [3.63, 3.8) is 0 Å². The molecule has 8 rings (SSSR count). The fraction of sp³-hybridized carbons (Fsp3) is 0.209. The van der Waals surface area contributed by atoms with Gasteiger partial charge in [-0.15, -0.1) is 0 Å². The van der Waals surface area contributed by atoms with Crippen molar-refractivity contribution in [1.29, 1.82) is 0 Å². The molecule has 1 aliphatic heterocycles. The first kappa shape index (κ1) is 29.2. The molecule has 0 saturated heterocycles. The summed E-state index contributed by atoms with van der Waals surface area (Å²) in [7, 11) is 0. The van der Waals surface area contributed by atoms with Gasteiger partial charge in [-0.1, -0.05) is 77.9 Å². The van der Waals surface area contributed by atoms with E-state index in [1.165, 1.54) is 22.3 Å². The maximum atomic E-state index is 5.41. The number of nitrogens with zero attached hydrogens (tertiary/aromatic N) is 4. The van der Waals surface area contributed by atoms with E-state index >= 15 is 0 Å². The molecule has 0 unspecified atom stereocenters. The van der Waals surface area contributed by atoms with E-state index in [0.717, 1.165) is 66.8 Å². The van der Waals surface area contributed by atoms with E-state index in [4.69, 9.17) is 19.9 Å². The van der Waals surface area contributed by atoms with Crippen molar-refractivity contribution in [1.82, 2.24) is 19.9 Å². The van der Waals surface area contributed by atoms with Crippen LogP contribution in [0, 0.1) is 0 Å². The Balaban J connectivity index is 1.58. The maximum absolute atomic E-state index is 5.41. The second-order valence-corrected chi connectivity index (χ2v) is 14.8. The minimum absolute atomic E-state index is 0.0816. The second-order valence-electron chi connectivity index (χ2n) is 14.8. The summed E-state index contributed by atoms with van der Waals surface area (Å²) in [6, 6.07) is 34.8. The molecule has 4 nitrogen and oxygen atoms in total. The van der Waals surface area contributed by atoms with Crippen LogP contribution in [0.2, 0.25) is 0 Å². The van der Waals surface area contributed by atoms with Crippen LogP contribution in [-0.4, -0.2) is 19.9 Å². The van der Waals surface area contributed by atoms with Gasteiger partial charge in [0.1, 0.15) is 0 Å². The summed E-state index contributed by atoms with van der Waals surface area (Å²) in [6.45, 7) is 13.6. The Hall–Kier alpha value is -5.22. The minimum atomic E-state index is -0.0816. The number of aromatic nitrogens is 4. The van der Waals surface area contributed by atoms with Crippen molar-refractivity contribution < 1.29 is 0 Å². The number of hydrogen-bond donors (Lipinski definition) is 0. The van der Waals surface area contributed by atoms with Crippen LogP contribution in [-0.2, 0) is 17.3 Å². The standard InChI is InChI=1S/C43H38N4/c1-42(2,3)28-21-32(36-11-7-9-19-44-36)30-25-31-33(37-12-8-10-20-45-37)22-29(43(4,5)6)24-35(31)39-18-16-27-14-13-26-15-17-38(34(30)23-28)46-40(26)41(27)47-39/h7-24H,25H2,1-6H3. The number of hydrogen-bond acceptors (Lipinski definition) is 4. The maximum Gasteiger partial charge on any atom is 0.0972 e. The molecule has 4 aromatic heterocycles. The summed E-state index contributed by atoms with van der Waals surface area (Å²) in [4.78, 5) is 20.6. The normalized spacial score (nSPS) is 12.8. The molecule has 230 valence electrons. The molecule has 0 amide bonds. The first-order chi connectivity index (χ1) is 22.5. The highest BCUT2D eigenvalue weighted by atomic mass is 14.8. The number of benzene rings is 3. The number of rotatable bonds is 2. The molecule has 1 aliphatic rings. The lowest BCUT2D eigenvalue weighted by Gasteiger charge is -2.27. The summed E-state index contributed by atoms with van der Waals surface area (Å²) in [5.74, 6) is 0. The van der Waals surface area contributed by atoms with E-state index in [2.05, 4.69) is 126 Å². The summed E-state index contributed by atoms with van der Waals surface area (Å²) < 4.78 is 0. The highest BCUT2D eigenvalue weighted by Gasteiger charge is 2.27. The van der Waals surface area contributed by atoms with E-state index in [0.29, 0.717) is 6.42 Å². The van der Waals surface area contributed by atoms with Gasteiger partial charge in [-0.3, -0.25) is 9.97 Å². The Morgan fingerprint density at radius 2 is 0.830 bits per heavy atom. The lowest BCUT2D eigenvalue weighted by atomic mass is 9.78. The predicted octanol–water partition coefficient (Wildman–Crippen LogP) is 10.7. The van der Waals surface area contributed by atoms with Gasteiger partial charge in [-0.2, -0.15) is 0 Å². The van der Waals surface area contributed by atoms with Crippen molar-refractivity contribution in [2.75, 3.05) is 0 Å². The van der Waals surface area contributed by atoms with E-state index in [9.17, 15) is 0 Å². The molecule has 0 spiro atoms. The van der Waals surface area contributed by atoms with Crippen LogP contribution in [0.3, 0.4) is 0 Å². The van der Waals surface area contributed by atoms with Crippen LogP contribution in [0.15, 0.2) is 109 Å². The molecule has 0 aliphatic carbocycles. The summed E-state index contributed by atoms with van der Waals surface area (Å²) in [5, 5.41) is 2.17. The molecule has 4 bridgehead atoms. The third kappa shape index (κ3) is 5.09. The molecular formula is C43H38N4. The second kappa shape index (κ2) is 10.7. The largest absolute Gasteiger partial charge is 0.256 e. The minimum Gasteiger partial charge on any atom is -0.256 e. The lowest BCUT2D eigenvalue weighted by Crippen LogP contribution is -2.14. The molecule has 0 radical (unpaired) electrons. The van der Waals surface area contributed by atoms with Gasteiger partial charge in [0.05, 0.1) is 33.8 Å². The van der Waals surface area contributed by atoms with Gasteiger partial charge < -0.3 is 0 Å². The van der Waals surface area contributed by atoms with Gasteiger partial charge >= 0.3 is 0 Å². The average Bonchev–Trinajstić information content (AvgIpc) is 3.09. The average molecular weight is 611 g/mol. The zero-order valence-electron chi connectivity index (χ0n) is 27.9. The lowest BCUT2D eigenvalue weighted by molar-refractivity contribution is 0.590. The van der Waals surface area contributed by atoms with Gasteiger partial charge in [-0.25, -0.2) is 9.97 Å². The van der Waals surface area contributed by atoms with E-state index in [-0.39, 0.29) is 10.8 Å². The van der Waals surface area contributed by atoms with E-state index in [1.54, 1.807) is 0 Å². The molecule has 47 heavy (non-hydrogen) atoms. The third-order valence-electron chi connectivity index (χ3n) is 9.54. The summed E-state index contributed by atoms with van der Waals surface area (Å²) in [5.41, 5.74) is 14.9. The zero-order valence-corrected chi connectivity index (χ0v) is 27.9. The molecule has 0 N–H and O–H groups in total. The first-order valence-electron chi connectivity index (χ1n) is 16.4. The Morgan fingerprint density at radius 3 is 1.19 bits per heavy atom. The Labute approximate surface area is 276 Å². The molecule has 3 aromatic carbocycles. The molecule has 5 heterocycles. The van der Waals surface area contributed by atoms with Crippen molar-refractivity contribution in [2.45, 2.75) is 58.8 Å². The van der Waals surface area contributed by atoms with Crippen molar-refractivity contribution in [3.8, 4) is 45.0 Å². The Morgan fingerprint density at radius 1 is 0.447 bits per heavy atom. The molecule has 0 fully saturated rings. The molecular weight excluding hydrogens is 573 g/mol. The van der Waals surface area contributed by atoms with Gasteiger partial charge in [0.25, 0.3) is 0 Å². The monoisotopic (exact) mass is 610 g/mol. The van der Waals surface area contributed by atoms with Gasteiger partial charge in [-0.05, 0) is 93.7 Å².